The summed E-state index contributed by atoms with van der Waals surface area (Å²) in [5.74, 6) is -0.515. The van der Waals surface area contributed by atoms with Crippen LogP contribution in [0.25, 0.3) is 0 Å². The molecule has 0 aromatic carbocycles. The molecule has 0 amide bonds. The zero-order valence-electron chi connectivity index (χ0n) is 3.05. The maximum Gasteiger partial charge on any atom is 0.331 e. The lowest BCUT2D eigenvalue weighted by Gasteiger charge is -1.84. The molecule has 0 fully saturated rings. The fourth-order valence-corrected chi connectivity index (χ4v) is 0.112. The Labute approximate surface area is 41.1 Å². The van der Waals surface area contributed by atoms with Crippen molar-refractivity contribution in [2.24, 2.45) is 5.73 Å². The highest BCUT2D eigenvalue weighted by molar-refractivity contribution is 7.75. The summed E-state index contributed by atoms with van der Waals surface area (Å²) < 4.78 is 3.83. The molecule has 0 aliphatic heterocycles. The molecule has 0 unspecified atom stereocenters. The zero-order chi connectivity index (χ0) is 4.99. The van der Waals surface area contributed by atoms with Gasteiger partial charge >= 0.3 is 5.97 Å². The van der Waals surface area contributed by atoms with Crippen LogP contribution in [0.4, 0.5) is 0 Å². The predicted molar refractivity (Wildman–Crippen MR) is 24.1 cm³/mol. The van der Waals surface area contributed by atoms with Gasteiger partial charge in [-0.1, -0.05) is 0 Å². The molecule has 0 aliphatic carbocycles. The van der Waals surface area contributed by atoms with Gasteiger partial charge in [0.2, 0.25) is 0 Å². The minimum absolute atomic E-state index is 0.108. The van der Waals surface area contributed by atoms with Crippen molar-refractivity contribution in [2.45, 2.75) is 0 Å². The quantitative estimate of drug-likeness (QED) is 0.345. The third-order valence-corrected chi connectivity index (χ3v) is 0.472. The van der Waals surface area contributed by atoms with Gasteiger partial charge in [0, 0.05) is 12.9 Å². The van der Waals surface area contributed by atoms with Crippen LogP contribution in [0.3, 0.4) is 0 Å². The molecular formula is C2H5NO2S. The monoisotopic (exact) mass is 107 g/mol. The second-order valence-electron chi connectivity index (χ2n) is 0.667. The summed E-state index contributed by atoms with van der Waals surface area (Å²) in [5.41, 5.74) is 4.76. The summed E-state index contributed by atoms with van der Waals surface area (Å²) in [6, 6.07) is 0. The van der Waals surface area contributed by atoms with Gasteiger partial charge in [-0.2, -0.15) is 0 Å². The lowest BCUT2D eigenvalue weighted by Crippen LogP contribution is -2.12. The van der Waals surface area contributed by atoms with Gasteiger partial charge in [0.1, 0.15) is 0 Å². The van der Waals surface area contributed by atoms with Crippen LogP contribution >= 0.6 is 12.9 Å². The highest BCUT2D eigenvalue weighted by Gasteiger charge is 1.89. The van der Waals surface area contributed by atoms with E-state index in [4.69, 9.17) is 5.73 Å². The molecule has 0 heterocycles. The van der Waals surface area contributed by atoms with Crippen LogP contribution in [0, 0.1) is 0 Å². The first-order valence-electron chi connectivity index (χ1n) is 1.35. The van der Waals surface area contributed by atoms with Crippen LogP contribution in [-0.2, 0) is 8.98 Å². The van der Waals surface area contributed by atoms with Gasteiger partial charge in [-0.15, -0.1) is 0 Å². The molecule has 0 aliphatic rings. The Bertz CT molecular complexity index is 49.5. The normalized spacial score (nSPS) is 7.67. The van der Waals surface area contributed by atoms with E-state index in [2.05, 4.69) is 17.1 Å². The summed E-state index contributed by atoms with van der Waals surface area (Å²) in [7, 11) is 0. The number of carbonyl (C=O) groups excluding carboxylic acids is 1. The highest BCUT2D eigenvalue weighted by atomic mass is 32.1. The van der Waals surface area contributed by atoms with Crippen molar-refractivity contribution in [2.75, 3.05) is 6.54 Å². The summed E-state index contributed by atoms with van der Waals surface area (Å²) in [6.45, 7) is -0.108. The molecule has 0 aromatic rings. The van der Waals surface area contributed by atoms with Crippen molar-refractivity contribution in [1.82, 2.24) is 0 Å². The second-order valence-corrected chi connectivity index (χ2v) is 0.850. The van der Waals surface area contributed by atoms with Gasteiger partial charge in [-0.25, -0.2) is 4.79 Å². The molecule has 0 spiro atoms. The number of hydrogen-bond donors (Lipinski definition) is 2. The Morgan fingerprint density at radius 3 is 2.50 bits per heavy atom. The fraction of sp³-hybridized carbons (Fsp3) is 0.500. The summed E-state index contributed by atoms with van der Waals surface area (Å²) in [4.78, 5) is 9.76. The molecule has 0 rings (SSSR count). The van der Waals surface area contributed by atoms with Crippen molar-refractivity contribution in [3.8, 4) is 0 Å². The molecule has 0 atom stereocenters. The molecule has 3 nitrogen and oxygen atoms in total. The van der Waals surface area contributed by atoms with E-state index >= 15 is 0 Å². The van der Waals surface area contributed by atoms with Gasteiger partial charge in [0.15, 0.2) is 0 Å². The van der Waals surface area contributed by atoms with E-state index in [0.29, 0.717) is 0 Å². The number of rotatable bonds is 1. The minimum Gasteiger partial charge on any atom is -0.394 e. The average Bonchev–Trinajstić information content (AvgIpc) is 1.65. The van der Waals surface area contributed by atoms with Gasteiger partial charge in [-0.05, 0) is 0 Å². The van der Waals surface area contributed by atoms with Crippen molar-refractivity contribution in [3.63, 3.8) is 0 Å². The molecule has 0 radical (unpaired) electrons. The smallest absolute Gasteiger partial charge is 0.331 e. The molecule has 0 saturated heterocycles. The highest BCUT2D eigenvalue weighted by Crippen LogP contribution is 1.74. The van der Waals surface area contributed by atoms with Crippen LogP contribution in [0.2, 0.25) is 0 Å². The molecule has 0 saturated carbocycles. The van der Waals surface area contributed by atoms with E-state index < -0.39 is 5.97 Å². The van der Waals surface area contributed by atoms with Crippen LogP contribution in [0.15, 0.2) is 0 Å². The molecular weight excluding hydrogens is 102 g/mol. The molecule has 0 aromatic heterocycles. The number of carbonyl (C=O) groups is 1. The van der Waals surface area contributed by atoms with E-state index in [-0.39, 0.29) is 6.54 Å². The zero-order valence-corrected chi connectivity index (χ0v) is 3.94. The Hall–Kier alpha value is -0.220. The van der Waals surface area contributed by atoms with Gasteiger partial charge in [0.25, 0.3) is 0 Å². The minimum atomic E-state index is -0.515. The summed E-state index contributed by atoms with van der Waals surface area (Å²) in [5, 5.41) is 0. The predicted octanol–water partition coefficient (Wildman–Crippen LogP) is -0.667. The van der Waals surface area contributed by atoms with E-state index in [9.17, 15) is 4.79 Å². The van der Waals surface area contributed by atoms with E-state index in [1.165, 1.54) is 0 Å². The molecule has 36 valence electrons. The third kappa shape index (κ3) is 2.04. The average molecular weight is 107 g/mol. The van der Waals surface area contributed by atoms with Gasteiger partial charge < -0.3 is 9.92 Å². The van der Waals surface area contributed by atoms with E-state index in [0.717, 1.165) is 0 Å². The van der Waals surface area contributed by atoms with Crippen LogP contribution in [-0.4, -0.2) is 12.5 Å². The van der Waals surface area contributed by atoms with Crippen LogP contribution in [0.5, 0.6) is 0 Å². The van der Waals surface area contributed by atoms with Gasteiger partial charge in [0.05, 0.1) is 6.54 Å². The molecule has 2 N–H and O–H groups in total. The lowest BCUT2D eigenvalue weighted by molar-refractivity contribution is -0.131. The SMILES string of the molecule is NCC(=O)OS. The summed E-state index contributed by atoms with van der Waals surface area (Å²) >= 11 is 3.17. The topological polar surface area (TPSA) is 52.3 Å². The first-order chi connectivity index (χ1) is 2.81. The maximum atomic E-state index is 9.76. The Morgan fingerprint density at radius 2 is 2.50 bits per heavy atom. The standard InChI is InChI=1S/C2H5NO2S/c3-1-2(4)5-6/h6H,1,3H2. The maximum absolute atomic E-state index is 9.76. The van der Waals surface area contributed by atoms with E-state index in [1.807, 2.05) is 0 Å². The largest absolute Gasteiger partial charge is 0.394 e. The Kier molecular flexibility index (Phi) is 2.88. The first-order valence-corrected chi connectivity index (χ1v) is 1.72. The Balaban J connectivity index is 2.99. The molecule has 4 heteroatoms. The van der Waals surface area contributed by atoms with Crippen LogP contribution < -0.4 is 5.73 Å². The third-order valence-electron chi connectivity index (χ3n) is 0.268. The molecule has 0 bridgehead atoms. The number of thiol groups is 1. The van der Waals surface area contributed by atoms with Crippen molar-refractivity contribution >= 4 is 18.9 Å². The van der Waals surface area contributed by atoms with E-state index in [1.54, 1.807) is 0 Å². The van der Waals surface area contributed by atoms with Crippen molar-refractivity contribution in [3.05, 3.63) is 0 Å². The summed E-state index contributed by atoms with van der Waals surface area (Å²) in [6.07, 6.45) is 0. The van der Waals surface area contributed by atoms with Crippen molar-refractivity contribution < 1.29 is 8.98 Å². The first kappa shape index (κ1) is 5.78. The Morgan fingerprint density at radius 1 is 2.00 bits per heavy atom. The fourth-order valence-electron chi connectivity index (χ4n) is 0.0373. The second kappa shape index (κ2) is 2.99. The number of nitrogens with two attached hydrogens (primary N) is 1. The number of hydrogen-bond acceptors (Lipinski definition) is 4. The van der Waals surface area contributed by atoms with Gasteiger partial charge in [-0.3, -0.25) is 0 Å². The van der Waals surface area contributed by atoms with Crippen LogP contribution in [0.1, 0.15) is 0 Å². The molecule has 6 heavy (non-hydrogen) atoms. The van der Waals surface area contributed by atoms with Crippen molar-refractivity contribution in [1.29, 1.82) is 0 Å². The lowest BCUT2D eigenvalue weighted by atomic mass is 10.7.